The summed E-state index contributed by atoms with van der Waals surface area (Å²) in [6.07, 6.45) is 0.887. The lowest BCUT2D eigenvalue weighted by molar-refractivity contribution is -0.120. The molecule has 0 saturated carbocycles. The Morgan fingerprint density at radius 3 is 2.34 bits per heavy atom. The van der Waals surface area contributed by atoms with Crippen LogP contribution in [0.4, 0.5) is 5.13 Å². The van der Waals surface area contributed by atoms with Crippen molar-refractivity contribution in [2.45, 2.75) is 27.2 Å². The summed E-state index contributed by atoms with van der Waals surface area (Å²) in [6.45, 7) is 9.94. The normalized spacial score (nSPS) is 10.6. The summed E-state index contributed by atoms with van der Waals surface area (Å²) in [5.41, 5.74) is 3.10. The molecule has 1 heterocycles. The van der Waals surface area contributed by atoms with E-state index in [-0.39, 0.29) is 24.9 Å². The third kappa shape index (κ3) is 7.33. The Morgan fingerprint density at radius 1 is 1.00 bits per heavy atom. The number of hydrogen-bond donors (Lipinski definition) is 0. The van der Waals surface area contributed by atoms with E-state index in [4.69, 9.17) is 9.72 Å². The first-order valence-corrected chi connectivity index (χ1v) is 11.7. The molecular weight excluding hydrogens is 442 g/mol. The summed E-state index contributed by atoms with van der Waals surface area (Å²) in [5.74, 6) is 0.625. The highest BCUT2D eigenvalue weighted by atomic mass is 35.5. The lowest BCUT2D eigenvalue weighted by Gasteiger charge is -2.23. The molecule has 32 heavy (non-hydrogen) atoms. The molecule has 0 unspecified atom stereocenters. The molecule has 2 aromatic carbocycles. The number of ether oxygens (including phenoxy) is 1. The Bertz CT molecular complexity index is 943. The summed E-state index contributed by atoms with van der Waals surface area (Å²) in [4.78, 5) is 22.0. The van der Waals surface area contributed by atoms with E-state index in [0.717, 1.165) is 48.0 Å². The molecule has 0 aliphatic heterocycles. The summed E-state index contributed by atoms with van der Waals surface area (Å²) >= 11 is 1.50. The number of hydrogen-bond acceptors (Lipinski definition) is 5. The zero-order valence-electron chi connectivity index (χ0n) is 19.0. The van der Waals surface area contributed by atoms with Crippen LogP contribution in [0.15, 0.2) is 60.0 Å². The minimum absolute atomic E-state index is 0. The molecule has 0 fully saturated rings. The van der Waals surface area contributed by atoms with Crippen LogP contribution in [0, 0.1) is 6.92 Å². The zero-order chi connectivity index (χ0) is 22.1. The van der Waals surface area contributed by atoms with Crippen LogP contribution in [0.1, 0.15) is 25.8 Å². The number of amides is 1. The van der Waals surface area contributed by atoms with Gasteiger partial charge in [0.1, 0.15) is 5.75 Å². The van der Waals surface area contributed by atoms with E-state index in [0.29, 0.717) is 12.3 Å². The second-order valence-corrected chi connectivity index (χ2v) is 8.25. The van der Waals surface area contributed by atoms with Crippen LogP contribution < -0.4 is 9.64 Å². The second kappa shape index (κ2) is 13.2. The number of nitrogens with zero attached hydrogens (tertiary/aromatic N) is 3. The van der Waals surface area contributed by atoms with Crippen molar-refractivity contribution in [2.75, 3.05) is 37.7 Å². The first kappa shape index (κ1) is 25.8. The number of benzene rings is 2. The van der Waals surface area contributed by atoms with Crippen LogP contribution in [-0.4, -0.2) is 48.6 Å². The van der Waals surface area contributed by atoms with Crippen LogP contribution in [-0.2, 0) is 4.79 Å². The molecule has 5 nitrogen and oxygen atoms in total. The quantitative estimate of drug-likeness (QED) is 0.359. The van der Waals surface area contributed by atoms with Gasteiger partial charge in [-0.15, -0.1) is 23.7 Å². The third-order valence-electron chi connectivity index (χ3n) is 5.23. The highest BCUT2D eigenvalue weighted by Crippen LogP contribution is 2.28. The molecule has 172 valence electrons. The maximum Gasteiger partial charge on any atom is 0.266 e. The lowest BCUT2D eigenvalue weighted by atomic mass is 10.2. The van der Waals surface area contributed by atoms with Crippen molar-refractivity contribution in [1.82, 2.24) is 9.88 Å². The van der Waals surface area contributed by atoms with E-state index in [1.165, 1.54) is 11.3 Å². The van der Waals surface area contributed by atoms with Crippen molar-refractivity contribution in [3.63, 3.8) is 0 Å². The molecule has 0 aliphatic carbocycles. The monoisotopic (exact) mass is 473 g/mol. The van der Waals surface area contributed by atoms with E-state index in [1.54, 1.807) is 4.90 Å². The lowest BCUT2D eigenvalue weighted by Crippen LogP contribution is -2.37. The Labute approximate surface area is 201 Å². The summed E-state index contributed by atoms with van der Waals surface area (Å²) in [6, 6.07) is 17.8. The fraction of sp³-hybridized carbons (Fsp3) is 0.360. The first-order valence-electron chi connectivity index (χ1n) is 10.8. The van der Waals surface area contributed by atoms with Gasteiger partial charge in [-0.05, 0) is 45.1 Å². The number of halogens is 1. The molecule has 0 aliphatic rings. The summed E-state index contributed by atoms with van der Waals surface area (Å²) < 4.78 is 5.76. The number of carbonyl (C=O) groups is 1. The van der Waals surface area contributed by atoms with E-state index in [1.807, 2.05) is 66.9 Å². The molecule has 0 radical (unpaired) electrons. The number of aryl methyl sites for hydroxylation is 1. The van der Waals surface area contributed by atoms with Gasteiger partial charge in [0, 0.05) is 17.5 Å². The van der Waals surface area contributed by atoms with Gasteiger partial charge in [0.05, 0.1) is 5.69 Å². The van der Waals surface area contributed by atoms with Crippen molar-refractivity contribution in [3.05, 3.63) is 65.5 Å². The molecular formula is C25H32ClN3O2S. The zero-order valence-corrected chi connectivity index (χ0v) is 20.6. The Morgan fingerprint density at radius 2 is 1.69 bits per heavy atom. The van der Waals surface area contributed by atoms with Crippen molar-refractivity contribution in [2.24, 2.45) is 0 Å². The fourth-order valence-corrected chi connectivity index (χ4v) is 4.18. The van der Waals surface area contributed by atoms with Crippen LogP contribution in [0.2, 0.25) is 0 Å². The number of carbonyl (C=O) groups excluding carboxylic acids is 1. The van der Waals surface area contributed by atoms with Gasteiger partial charge in [-0.2, -0.15) is 0 Å². The Kier molecular flexibility index (Phi) is 10.7. The van der Waals surface area contributed by atoms with Crippen LogP contribution in [0.5, 0.6) is 5.75 Å². The minimum atomic E-state index is -0.0749. The van der Waals surface area contributed by atoms with Crippen molar-refractivity contribution >= 4 is 34.8 Å². The Balaban J connectivity index is 0.00000363. The predicted molar refractivity (Wildman–Crippen MR) is 136 cm³/mol. The highest BCUT2D eigenvalue weighted by molar-refractivity contribution is 7.14. The van der Waals surface area contributed by atoms with E-state index >= 15 is 0 Å². The average Bonchev–Trinajstić information content (AvgIpc) is 3.29. The van der Waals surface area contributed by atoms with Crippen molar-refractivity contribution < 1.29 is 9.53 Å². The molecule has 0 bridgehead atoms. The smallest absolute Gasteiger partial charge is 0.266 e. The van der Waals surface area contributed by atoms with Gasteiger partial charge in [0.25, 0.3) is 5.91 Å². The molecule has 0 spiro atoms. The second-order valence-electron chi connectivity index (χ2n) is 7.41. The molecule has 7 heteroatoms. The fourth-order valence-electron chi connectivity index (χ4n) is 3.31. The van der Waals surface area contributed by atoms with Gasteiger partial charge in [-0.3, -0.25) is 9.69 Å². The maximum atomic E-state index is 13.1. The number of rotatable bonds is 11. The third-order valence-corrected chi connectivity index (χ3v) is 6.09. The minimum Gasteiger partial charge on any atom is -0.484 e. The van der Waals surface area contributed by atoms with Crippen molar-refractivity contribution in [1.29, 1.82) is 0 Å². The van der Waals surface area contributed by atoms with Gasteiger partial charge in [0.2, 0.25) is 0 Å². The van der Waals surface area contributed by atoms with E-state index < -0.39 is 0 Å². The predicted octanol–water partition coefficient (Wildman–Crippen LogP) is 5.68. The average molecular weight is 474 g/mol. The molecule has 1 amide bonds. The molecule has 3 rings (SSSR count). The van der Waals surface area contributed by atoms with Crippen LogP contribution in [0.25, 0.3) is 11.3 Å². The molecule has 0 saturated heterocycles. The van der Waals surface area contributed by atoms with E-state index in [2.05, 4.69) is 18.7 Å². The highest BCUT2D eigenvalue weighted by Gasteiger charge is 2.20. The number of anilines is 1. The summed E-state index contributed by atoms with van der Waals surface area (Å²) in [5, 5.41) is 2.73. The van der Waals surface area contributed by atoms with E-state index in [9.17, 15) is 4.79 Å². The van der Waals surface area contributed by atoms with Gasteiger partial charge >= 0.3 is 0 Å². The number of aromatic nitrogens is 1. The van der Waals surface area contributed by atoms with Gasteiger partial charge in [-0.25, -0.2) is 4.98 Å². The molecule has 3 aromatic rings. The summed E-state index contributed by atoms with van der Waals surface area (Å²) in [7, 11) is 0. The standard InChI is InChI=1S/C25H31N3O2S.ClH/c1-4-27(5-2)16-9-17-28(24(29)18-30-22-14-12-20(3)13-15-22)25-26-23(19-31-25)21-10-7-6-8-11-21;/h6-8,10-15,19H,4-5,9,16-18H2,1-3H3;1H. The largest absolute Gasteiger partial charge is 0.484 e. The van der Waals surface area contributed by atoms with Crippen molar-refractivity contribution in [3.8, 4) is 17.0 Å². The van der Waals surface area contributed by atoms with Gasteiger partial charge in [0.15, 0.2) is 11.7 Å². The SMILES string of the molecule is CCN(CC)CCCN(C(=O)COc1ccc(C)cc1)c1nc(-c2ccccc2)cs1.Cl. The van der Waals surface area contributed by atoms with Gasteiger partial charge in [-0.1, -0.05) is 61.9 Å². The number of thiazole rings is 1. The van der Waals surface area contributed by atoms with Crippen LogP contribution in [0.3, 0.4) is 0 Å². The maximum absolute atomic E-state index is 13.1. The molecule has 0 atom stereocenters. The van der Waals surface area contributed by atoms with Crippen LogP contribution >= 0.6 is 23.7 Å². The van der Waals surface area contributed by atoms with Gasteiger partial charge < -0.3 is 9.64 Å². The molecule has 0 N–H and O–H groups in total. The topological polar surface area (TPSA) is 45.7 Å². The Hall–Kier alpha value is -2.41. The first-order chi connectivity index (χ1) is 15.1. The molecule has 1 aromatic heterocycles.